The van der Waals surface area contributed by atoms with Gasteiger partial charge in [-0.25, -0.2) is 0 Å². The van der Waals surface area contributed by atoms with E-state index in [1.165, 1.54) is 38.0 Å². The zero-order chi connectivity index (χ0) is 31.4. The van der Waals surface area contributed by atoms with Crippen LogP contribution in [0.2, 0.25) is 0 Å². The zero-order valence-electron chi connectivity index (χ0n) is 25.7. The number of allylic oxidation sites excluding steroid dienone is 6. The van der Waals surface area contributed by atoms with Gasteiger partial charge in [-0.1, -0.05) is 42.4 Å². The predicted molar refractivity (Wildman–Crippen MR) is 167 cm³/mol. The lowest BCUT2D eigenvalue weighted by Gasteiger charge is -2.52. The number of benzene rings is 2. The molecule has 0 saturated heterocycles. The first-order valence-corrected chi connectivity index (χ1v) is 14.7. The van der Waals surface area contributed by atoms with Crippen molar-refractivity contribution in [2.75, 3.05) is 14.2 Å². The summed E-state index contributed by atoms with van der Waals surface area (Å²) in [6.07, 6.45) is 9.49. The van der Waals surface area contributed by atoms with Crippen molar-refractivity contribution in [2.45, 2.75) is 46.5 Å². The van der Waals surface area contributed by atoms with Crippen LogP contribution in [0.25, 0.3) is 6.08 Å². The molecular formula is C36H42O7. The number of methoxy groups -OCH3 is 2. The van der Waals surface area contributed by atoms with Gasteiger partial charge >= 0.3 is 0 Å². The van der Waals surface area contributed by atoms with E-state index in [0.29, 0.717) is 23.5 Å². The zero-order valence-corrected chi connectivity index (χ0v) is 25.7. The number of aliphatic hydroxyl groups excluding tert-OH is 1. The molecule has 228 valence electrons. The molecule has 3 N–H and O–H groups in total. The molecule has 2 aromatic carbocycles. The van der Waals surface area contributed by atoms with E-state index in [9.17, 15) is 24.9 Å². The molecule has 0 amide bonds. The van der Waals surface area contributed by atoms with Crippen molar-refractivity contribution in [3.05, 3.63) is 88.7 Å². The van der Waals surface area contributed by atoms with Crippen molar-refractivity contribution in [1.82, 2.24) is 0 Å². The summed E-state index contributed by atoms with van der Waals surface area (Å²) in [5.41, 5.74) is 3.74. The summed E-state index contributed by atoms with van der Waals surface area (Å²) in [6, 6.07) is 10.0. The minimum absolute atomic E-state index is 0.00790. The van der Waals surface area contributed by atoms with Gasteiger partial charge in [-0.2, -0.15) is 0 Å². The first kappa shape index (κ1) is 31.7. The second-order valence-corrected chi connectivity index (χ2v) is 12.1. The van der Waals surface area contributed by atoms with Gasteiger partial charge in [0, 0.05) is 24.3 Å². The Hall–Kier alpha value is -4.26. The number of phenols is 2. The molecule has 7 nitrogen and oxygen atoms in total. The molecule has 3 aliphatic carbocycles. The van der Waals surface area contributed by atoms with E-state index < -0.39 is 5.92 Å². The topological polar surface area (TPSA) is 113 Å². The van der Waals surface area contributed by atoms with Crippen LogP contribution in [0.5, 0.6) is 23.0 Å². The molecule has 43 heavy (non-hydrogen) atoms. The summed E-state index contributed by atoms with van der Waals surface area (Å²) < 4.78 is 10.6. The molecule has 2 bridgehead atoms. The van der Waals surface area contributed by atoms with Gasteiger partial charge in [0.2, 0.25) is 0 Å². The van der Waals surface area contributed by atoms with E-state index in [2.05, 4.69) is 19.9 Å². The van der Waals surface area contributed by atoms with Crippen molar-refractivity contribution in [3.63, 3.8) is 0 Å². The highest BCUT2D eigenvalue weighted by Gasteiger charge is 2.52. The number of carbonyl (C=O) groups is 2. The predicted octanol–water partition coefficient (Wildman–Crippen LogP) is 7.31. The van der Waals surface area contributed by atoms with Crippen LogP contribution >= 0.6 is 0 Å². The Bertz CT molecular complexity index is 1490. The monoisotopic (exact) mass is 586 g/mol. The summed E-state index contributed by atoms with van der Waals surface area (Å²) in [5, 5.41) is 30.9. The lowest BCUT2D eigenvalue weighted by atomic mass is 9.51. The Kier molecular flexibility index (Phi) is 9.84. The first-order valence-electron chi connectivity index (χ1n) is 14.7. The largest absolute Gasteiger partial charge is 0.508 e. The molecule has 0 unspecified atom stereocenters. The molecule has 6 atom stereocenters. The number of carbonyl (C=O) groups excluding carboxylic acids is 2. The van der Waals surface area contributed by atoms with Crippen LogP contribution in [-0.4, -0.2) is 41.1 Å². The number of fused-ring (bicyclic) bond motifs is 2. The Morgan fingerprint density at radius 1 is 1.00 bits per heavy atom. The molecule has 1 fully saturated rings. The normalized spacial score (nSPS) is 23.9. The first-order chi connectivity index (χ1) is 20.4. The highest BCUT2D eigenvalue weighted by atomic mass is 16.5. The number of ether oxygens (including phenoxy) is 2. The van der Waals surface area contributed by atoms with Gasteiger partial charge < -0.3 is 24.8 Å². The maximum atomic E-state index is 14.1. The minimum Gasteiger partial charge on any atom is -0.508 e. The summed E-state index contributed by atoms with van der Waals surface area (Å²) >= 11 is 0. The SMILES string of the molecule is COc1cc(C=CC(O)=CC(=O)[C@H]2[C@H]3C=C(C)[C@H](C[C@@H]3[C@@H](C)CC(=O)C=C(C)C)[C@@H]2c2ccc(O)c(OC)c2)ccc1O. The van der Waals surface area contributed by atoms with Gasteiger partial charge in [-0.3, -0.25) is 9.59 Å². The number of hydrogen-bond donors (Lipinski definition) is 3. The number of hydrogen-bond acceptors (Lipinski definition) is 7. The minimum atomic E-state index is -0.480. The van der Waals surface area contributed by atoms with Crippen LogP contribution < -0.4 is 9.47 Å². The third-order valence-electron chi connectivity index (χ3n) is 8.86. The van der Waals surface area contributed by atoms with Gasteiger partial charge in [-0.15, -0.1) is 0 Å². The van der Waals surface area contributed by atoms with E-state index in [4.69, 9.17) is 9.47 Å². The Balaban J connectivity index is 1.70. The summed E-state index contributed by atoms with van der Waals surface area (Å²) in [6.45, 7) is 8.01. The third kappa shape index (κ3) is 7.04. The molecule has 5 rings (SSSR count). The molecule has 2 aromatic rings. The molecule has 0 spiro atoms. The molecule has 0 radical (unpaired) electrons. The van der Waals surface area contributed by atoms with E-state index in [-0.39, 0.29) is 58.4 Å². The van der Waals surface area contributed by atoms with Gasteiger partial charge in [0.1, 0.15) is 5.76 Å². The van der Waals surface area contributed by atoms with Crippen molar-refractivity contribution in [3.8, 4) is 23.0 Å². The number of aliphatic hydroxyl groups is 1. The Morgan fingerprint density at radius 3 is 2.30 bits per heavy atom. The Labute approximate surface area is 253 Å². The lowest BCUT2D eigenvalue weighted by Crippen LogP contribution is -2.47. The van der Waals surface area contributed by atoms with Gasteiger partial charge in [0.25, 0.3) is 0 Å². The molecule has 7 heteroatoms. The van der Waals surface area contributed by atoms with Crippen molar-refractivity contribution in [1.29, 1.82) is 0 Å². The van der Waals surface area contributed by atoms with Crippen LogP contribution in [0, 0.1) is 29.6 Å². The van der Waals surface area contributed by atoms with E-state index >= 15 is 0 Å². The fourth-order valence-electron chi connectivity index (χ4n) is 6.92. The Morgan fingerprint density at radius 2 is 1.65 bits per heavy atom. The molecule has 0 aliphatic heterocycles. The van der Waals surface area contributed by atoms with Crippen molar-refractivity contribution in [2.24, 2.45) is 29.6 Å². The van der Waals surface area contributed by atoms with Crippen molar-refractivity contribution < 1.29 is 34.4 Å². The van der Waals surface area contributed by atoms with E-state index in [1.807, 2.05) is 19.9 Å². The van der Waals surface area contributed by atoms with E-state index in [0.717, 1.165) is 17.6 Å². The van der Waals surface area contributed by atoms with Crippen LogP contribution in [0.3, 0.4) is 0 Å². The maximum absolute atomic E-state index is 14.1. The van der Waals surface area contributed by atoms with E-state index in [1.54, 1.807) is 36.4 Å². The van der Waals surface area contributed by atoms with Gasteiger partial charge in [0.15, 0.2) is 34.6 Å². The summed E-state index contributed by atoms with van der Waals surface area (Å²) in [5.74, 6) is -0.197. The number of rotatable bonds is 11. The summed E-state index contributed by atoms with van der Waals surface area (Å²) in [7, 11) is 2.95. The van der Waals surface area contributed by atoms with Gasteiger partial charge in [-0.05, 0) is 98.4 Å². The molecular weight excluding hydrogens is 544 g/mol. The second kappa shape index (κ2) is 13.4. The number of aromatic hydroxyl groups is 2. The highest BCUT2D eigenvalue weighted by molar-refractivity contribution is 5.94. The molecule has 0 aromatic heterocycles. The number of phenolic OH excluding ortho intramolecular Hbond substituents is 2. The van der Waals surface area contributed by atoms with Crippen LogP contribution in [0.15, 0.2) is 77.6 Å². The lowest BCUT2D eigenvalue weighted by molar-refractivity contribution is -0.124. The van der Waals surface area contributed by atoms with Gasteiger partial charge in [0.05, 0.1) is 14.2 Å². The van der Waals surface area contributed by atoms with Crippen LogP contribution in [0.1, 0.15) is 57.6 Å². The van der Waals surface area contributed by atoms with Crippen molar-refractivity contribution >= 4 is 17.6 Å². The molecule has 0 heterocycles. The smallest absolute Gasteiger partial charge is 0.163 e. The second-order valence-electron chi connectivity index (χ2n) is 12.1. The third-order valence-corrected chi connectivity index (χ3v) is 8.86. The fraction of sp³-hybridized carbons (Fsp3) is 0.389. The highest BCUT2D eigenvalue weighted by Crippen LogP contribution is 2.58. The average Bonchev–Trinajstić information content (AvgIpc) is 2.96. The fourth-order valence-corrected chi connectivity index (χ4v) is 6.92. The van der Waals surface area contributed by atoms with Crippen LogP contribution in [0.4, 0.5) is 0 Å². The molecule has 3 aliphatic rings. The number of ketones is 2. The summed E-state index contributed by atoms with van der Waals surface area (Å²) in [4.78, 5) is 26.8. The maximum Gasteiger partial charge on any atom is 0.163 e. The van der Waals surface area contributed by atoms with Crippen LogP contribution in [-0.2, 0) is 9.59 Å². The standard InChI is InChI=1S/C36H42O7/c1-20(2)13-26(38)14-21(3)27-19-28-22(4)15-29(27)36(35(28)24-9-12-31(40)34(17-24)43-6)32(41)18-25(37)10-7-23-8-11-30(39)33(16-23)42-5/h7-13,15-18,21,27-29,35-37,39-40H,14,19H2,1-6H3/t21-,27+,28-,29-,35-,36+/m0/s1. The quantitative estimate of drug-likeness (QED) is 0.109. The molecule has 1 saturated carbocycles. The average molecular weight is 587 g/mol.